The van der Waals surface area contributed by atoms with Crippen LogP contribution in [0, 0.1) is 6.92 Å². The van der Waals surface area contributed by atoms with Gasteiger partial charge in [0.25, 0.3) is 10.2 Å². The van der Waals surface area contributed by atoms with Crippen molar-refractivity contribution in [2.75, 3.05) is 25.0 Å². The highest BCUT2D eigenvalue weighted by molar-refractivity contribution is 9.10. The van der Waals surface area contributed by atoms with Gasteiger partial charge in [-0.3, -0.25) is 4.72 Å². The molecule has 1 rings (SSSR count). The van der Waals surface area contributed by atoms with E-state index in [1.165, 1.54) is 7.11 Å². The normalized spacial score (nSPS) is 11.5. The highest BCUT2D eigenvalue weighted by atomic mass is 79.9. The molecule has 0 atom stereocenters. The molecule has 96 valence electrons. The van der Waals surface area contributed by atoms with Gasteiger partial charge in [0, 0.05) is 18.1 Å². The summed E-state index contributed by atoms with van der Waals surface area (Å²) in [7, 11) is -2.03. The Hall–Kier alpha value is -0.630. The van der Waals surface area contributed by atoms with Crippen LogP contribution in [0.25, 0.3) is 0 Å². The average molecular weight is 323 g/mol. The summed E-state index contributed by atoms with van der Waals surface area (Å²) in [5.74, 6) is 0. The van der Waals surface area contributed by atoms with Gasteiger partial charge >= 0.3 is 0 Å². The standard InChI is InChI=1S/C10H15BrN2O3S/c1-8-9(11)4-3-5-10(8)13-17(14,15)12-6-7-16-2/h3-5,12-13H,6-7H2,1-2H3. The summed E-state index contributed by atoms with van der Waals surface area (Å²) >= 11 is 3.34. The Morgan fingerprint density at radius 3 is 2.76 bits per heavy atom. The second-order valence-corrected chi connectivity index (χ2v) is 5.76. The number of rotatable bonds is 6. The first-order valence-electron chi connectivity index (χ1n) is 4.98. The second-order valence-electron chi connectivity index (χ2n) is 3.41. The molecule has 0 fully saturated rings. The van der Waals surface area contributed by atoms with Crippen LogP contribution in [0.15, 0.2) is 22.7 Å². The molecule has 0 spiro atoms. The molecule has 0 heterocycles. The predicted octanol–water partition coefficient (Wildman–Crippen LogP) is 1.65. The van der Waals surface area contributed by atoms with Gasteiger partial charge in [-0.15, -0.1) is 0 Å². The van der Waals surface area contributed by atoms with Crippen molar-refractivity contribution in [2.24, 2.45) is 0 Å². The Balaban J connectivity index is 2.73. The molecule has 0 aliphatic heterocycles. The Kier molecular flexibility index (Phi) is 5.38. The lowest BCUT2D eigenvalue weighted by Gasteiger charge is -2.11. The van der Waals surface area contributed by atoms with Crippen LogP contribution in [0.1, 0.15) is 5.56 Å². The monoisotopic (exact) mass is 322 g/mol. The van der Waals surface area contributed by atoms with Gasteiger partial charge in [0.1, 0.15) is 0 Å². The molecule has 5 nitrogen and oxygen atoms in total. The Labute approximate surface area is 110 Å². The molecule has 0 aliphatic carbocycles. The molecular weight excluding hydrogens is 308 g/mol. The van der Waals surface area contributed by atoms with Crippen LogP contribution in [0.3, 0.4) is 0 Å². The highest BCUT2D eigenvalue weighted by Crippen LogP contribution is 2.23. The van der Waals surface area contributed by atoms with Crippen molar-refractivity contribution in [3.63, 3.8) is 0 Å². The molecule has 0 aliphatic rings. The lowest BCUT2D eigenvalue weighted by atomic mass is 10.2. The fourth-order valence-corrected chi connectivity index (χ4v) is 2.48. The zero-order chi connectivity index (χ0) is 12.9. The third-order valence-corrected chi connectivity index (χ3v) is 4.04. The molecule has 1 aromatic rings. The van der Waals surface area contributed by atoms with E-state index in [0.29, 0.717) is 12.3 Å². The quantitative estimate of drug-likeness (QED) is 0.782. The minimum atomic E-state index is -3.55. The third kappa shape index (κ3) is 4.63. The summed E-state index contributed by atoms with van der Waals surface area (Å²) in [6, 6.07) is 5.32. The van der Waals surface area contributed by atoms with Crippen LogP contribution in [-0.2, 0) is 14.9 Å². The van der Waals surface area contributed by atoms with E-state index in [0.717, 1.165) is 10.0 Å². The summed E-state index contributed by atoms with van der Waals surface area (Å²) in [5, 5.41) is 0. The molecule has 0 aromatic heterocycles. The van der Waals surface area contributed by atoms with Gasteiger partial charge < -0.3 is 4.74 Å². The summed E-state index contributed by atoms with van der Waals surface area (Å²) in [5.41, 5.74) is 1.38. The Morgan fingerprint density at radius 2 is 2.12 bits per heavy atom. The summed E-state index contributed by atoms with van der Waals surface area (Å²) < 4.78 is 33.8. The van der Waals surface area contributed by atoms with Crippen LogP contribution in [-0.4, -0.2) is 28.7 Å². The van der Waals surface area contributed by atoms with E-state index in [9.17, 15) is 8.42 Å². The van der Waals surface area contributed by atoms with Gasteiger partial charge in [-0.05, 0) is 24.6 Å². The third-order valence-electron chi connectivity index (χ3n) is 2.11. The maximum Gasteiger partial charge on any atom is 0.299 e. The number of benzene rings is 1. The zero-order valence-corrected chi connectivity index (χ0v) is 12.1. The number of anilines is 1. The molecule has 0 unspecified atom stereocenters. The van der Waals surface area contributed by atoms with Gasteiger partial charge in [0.05, 0.1) is 12.3 Å². The van der Waals surface area contributed by atoms with Crippen molar-refractivity contribution in [2.45, 2.75) is 6.92 Å². The fourth-order valence-electron chi connectivity index (χ4n) is 1.18. The number of methoxy groups -OCH3 is 1. The van der Waals surface area contributed by atoms with E-state index >= 15 is 0 Å². The molecule has 0 radical (unpaired) electrons. The highest BCUT2D eigenvalue weighted by Gasteiger charge is 2.11. The minimum absolute atomic E-state index is 0.235. The lowest BCUT2D eigenvalue weighted by Crippen LogP contribution is -2.32. The van der Waals surface area contributed by atoms with E-state index in [2.05, 4.69) is 25.4 Å². The first-order valence-corrected chi connectivity index (χ1v) is 7.25. The minimum Gasteiger partial charge on any atom is -0.383 e. The number of ether oxygens (including phenoxy) is 1. The van der Waals surface area contributed by atoms with Gasteiger partial charge in [-0.1, -0.05) is 22.0 Å². The van der Waals surface area contributed by atoms with Crippen LogP contribution >= 0.6 is 15.9 Å². The first-order chi connectivity index (χ1) is 7.96. The second kappa shape index (κ2) is 6.34. The van der Waals surface area contributed by atoms with E-state index in [4.69, 9.17) is 4.74 Å². The Bertz CT molecular complexity index is 476. The molecule has 1 aromatic carbocycles. The molecule has 0 saturated heterocycles. The van der Waals surface area contributed by atoms with Gasteiger partial charge in [0.2, 0.25) is 0 Å². The van der Waals surface area contributed by atoms with Crippen molar-refractivity contribution in [3.05, 3.63) is 28.2 Å². The van der Waals surface area contributed by atoms with Crippen molar-refractivity contribution in [3.8, 4) is 0 Å². The summed E-state index contributed by atoms with van der Waals surface area (Å²) in [6.07, 6.45) is 0. The average Bonchev–Trinajstić information content (AvgIpc) is 2.25. The topological polar surface area (TPSA) is 67.4 Å². The molecular formula is C10H15BrN2O3S. The molecule has 7 heteroatoms. The number of hydrogen-bond donors (Lipinski definition) is 2. The molecule has 0 saturated carbocycles. The van der Waals surface area contributed by atoms with Crippen LogP contribution in [0.4, 0.5) is 5.69 Å². The van der Waals surface area contributed by atoms with Gasteiger partial charge in [-0.25, -0.2) is 0 Å². The first kappa shape index (κ1) is 14.4. The Morgan fingerprint density at radius 1 is 1.41 bits per heavy atom. The SMILES string of the molecule is COCCNS(=O)(=O)Nc1cccc(Br)c1C. The largest absolute Gasteiger partial charge is 0.383 e. The maximum absolute atomic E-state index is 11.6. The molecule has 0 amide bonds. The van der Waals surface area contributed by atoms with Gasteiger partial charge in [0.15, 0.2) is 0 Å². The van der Waals surface area contributed by atoms with Crippen LogP contribution in [0.5, 0.6) is 0 Å². The smallest absolute Gasteiger partial charge is 0.299 e. The van der Waals surface area contributed by atoms with Gasteiger partial charge in [-0.2, -0.15) is 13.1 Å². The lowest BCUT2D eigenvalue weighted by molar-refractivity contribution is 0.204. The number of hydrogen-bond acceptors (Lipinski definition) is 3. The predicted molar refractivity (Wildman–Crippen MR) is 71.3 cm³/mol. The van der Waals surface area contributed by atoms with Crippen molar-refractivity contribution in [1.82, 2.24) is 4.72 Å². The fraction of sp³-hybridized carbons (Fsp3) is 0.400. The van der Waals surface area contributed by atoms with E-state index in [-0.39, 0.29) is 6.54 Å². The van der Waals surface area contributed by atoms with E-state index in [1.807, 2.05) is 13.0 Å². The summed E-state index contributed by atoms with van der Waals surface area (Å²) in [4.78, 5) is 0. The summed E-state index contributed by atoms with van der Waals surface area (Å²) in [6.45, 7) is 2.40. The molecule has 17 heavy (non-hydrogen) atoms. The number of nitrogens with one attached hydrogen (secondary N) is 2. The van der Waals surface area contributed by atoms with Crippen LogP contribution < -0.4 is 9.44 Å². The van der Waals surface area contributed by atoms with Crippen LogP contribution in [0.2, 0.25) is 0 Å². The van der Waals surface area contributed by atoms with Crippen molar-refractivity contribution in [1.29, 1.82) is 0 Å². The zero-order valence-electron chi connectivity index (χ0n) is 9.66. The molecule has 2 N–H and O–H groups in total. The molecule has 0 bridgehead atoms. The van der Waals surface area contributed by atoms with Crippen molar-refractivity contribution < 1.29 is 13.2 Å². The maximum atomic E-state index is 11.6. The number of halogens is 1. The van der Waals surface area contributed by atoms with E-state index < -0.39 is 10.2 Å². The van der Waals surface area contributed by atoms with E-state index in [1.54, 1.807) is 12.1 Å². The van der Waals surface area contributed by atoms with Crippen molar-refractivity contribution >= 4 is 31.8 Å².